The van der Waals surface area contributed by atoms with Gasteiger partial charge in [-0.3, -0.25) is 0 Å². The minimum absolute atomic E-state index is 0.457. The molecule has 0 radical (unpaired) electrons. The lowest BCUT2D eigenvalue weighted by Crippen LogP contribution is -1.95. The second kappa shape index (κ2) is 7.20. The minimum atomic E-state index is 0.457. The summed E-state index contributed by atoms with van der Waals surface area (Å²) >= 11 is 11.9. The molecule has 3 aromatic carbocycles. The van der Waals surface area contributed by atoms with Crippen LogP contribution in [-0.2, 0) is 0 Å². The summed E-state index contributed by atoms with van der Waals surface area (Å²) in [5.74, 6) is 2.08. The van der Waals surface area contributed by atoms with Crippen LogP contribution in [0.25, 0.3) is 10.9 Å². The standard InChI is InChI=1S/C20H13Cl2N3O/c21-17-10-9-15(11-18(17)22)26-14-7-5-13(6-8-14)25-20-16-3-1-2-4-19(16)23-12-24-20/h1-12H,(H,23,24,25). The molecule has 4 rings (SSSR count). The number of hydrogen-bond acceptors (Lipinski definition) is 4. The molecule has 4 nitrogen and oxygen atoms in total. The van der Waals surface area contributed by atoms with Crippen molar-refractivity contribution < 1.29 is 4.74 Å². The average Bonchev–Trinajstić information content (AvgIpc) is 2.67. The number of nitrogens with one attached hydrogen (secondary N) is 1. The quantitative estimate of drug-likeness (QED) is 0.439. The number of fused-ring (bicyclic) bond motifs is 1. The number of aromatic nitrogens is 2. The smallest absolute Gasteiger partial charge is 0.141 e. The van der Waals surface area contributed by atoms with Gasteiger partial charge in [0.05, 0.1) is 15.6 Å². The van der Waals surface area contributed by atoms with Gasteiger partial charge in [-0.15, -0.1) is 0 Å². The predicted molar refractivity (Wildman–Crippen MR) is 106 cm³/mol. The van der Waals surface area contributed by atoms with Crippen LogP contribution >= 0.6 is 23.2 Å². The SMILES string of the molecule is Clc1ccc(Oc2ccc(Nc3ncnc4ccccc34)cc2)cc1Cl. The lowest BCUT2D eigenvalue weighted by molar-refractivity contribution is 0.483. The van der Waals surface area contributed by atoms with Crippen molar-refractivity contribution in [3.05, 3.63) is 83.1 Å². The molecule has 6 heteroatoms. The third-order valence-corrected chi connectivity index (χ3v) is 4.53. The zero-order valence-electron chi connectivity index (χ0n) is 13.5. The molecule has 0 aliphatic carbocycles. The highest BCUT2D eigenvalue weighted by molar-refractivity contribution is 6.42. The summed E-state index contributed by atoms with van der Waals surface area (Å²) in [4.78, 5) is 8.60. The van der Waals surface area contributed by atoms with E-state index in [1.165, 1.54) is 0 Å². The van der Waals surface area contributed by atoms with Gasteiger partial charge >= 0.3 is 0 Å². The van der Waals surface area contributed by atoms with Crippen molar-refractivity contribution in [3.8, 4) is 11.5 Å². The van der Waals surface area contributed by atoms with Crippen LogP contribution in [0, 0.1) is 0 Å². The minimum Gasteiger partial charge on any atom is -0.457 e. The van der Waals surface area contributed by atoms with Crippen LogP contribution < -0.4 is 10.1 Å². The van der Waals surface area contributed by atoms with Crippen LogP contribution in [0.1, 0.15) is 0 Å². The van der Waals surface area contributed by atoms with E-state index < -0.39 is 0 Å². The molecule has 0 unspecified atom stereocenters. The highest BCUT2D eigenvalue weighted by Gasteiger charge is 2.05. The summed E-state index contributed by atoms with van der Waals surface area (Å²) in [6.07, 6.45) is 1.55. The Labute approximate surface area is 160 Å². The zero-order chi connectivity index (χ0) is 17.9. The number of benzene rings is 3. The zero-order valence-corrected chi connectivity index (χ0v) is 15.0. The normalized spacial score (nSPS) is 10.7. The van der Waals surface area contributed by atoms with Crippen LogP contribution in [0.2, 0.25) is 10.0 Å². The first-order chi connectivity index (χ1) is 12.7. The van der Waals surface area contributed by atoms with Crippen LogP contribution in [0.15, 0.2) is 73.1 Å². The summed E-state index contributed by atoms with van der Waals surface area (Å²) in [5, 5.41) is 5.23. The fourth-order valence-electron chi connectivity index (χ4n) is 2.52. The van der Waals surface area contributed by atoms with Gasteiger partial charge in [0.15, 0.2) is 0 Å². The molecule has 128 valence electrons. The first-order valence-corrected chi connectivity index (χ1v) is 8.64. The van der Waals surface area contributed by atoms with Gasteiger partial charge in [-0.1, -0.05) is 35.3 Å². The van der Waals surface area contributed by atoms with Gasteiger partial charge in [0.25, 0.3) is 0 Å². The topological polar surface area (TPSA) is 47.0 Å². The molecule has 0 saturated heterocycles. The molecule has 0 aliphatic heterocycles. The Bertz CT molecular complexity index is 1060. The molecule has 1 N–H and O–H groups in total. The van der Waals surface area contributed by atoms with Crippen molar-refractivity contribution in [3.63, 3.8) is 0 Å². The van der Waals surface area contributed by atoms with E-state index in [1.807, 2.05) is 48.5 Å². The van der Waals surface area contributed by atoms with Gasteiger partial charge < -0.3 is 10.1 Å². The highest BCUT2D eigenvalue weighted by Crippen LogP contribution is 2.30. The Morgan fingerprint density at radius 2 is 1.54 bits per heavy atom. The molecule has 0 fully saturated rings. The Kier molecular flexibility index (Phi) is 4.61. The molecule has 0 saturated carbocycles. The number of ether oxygens (including phenoxy) is 1. The fourth-order valence-corrected chi connectivity index (χ4v) is 2.81. The van der Waals surface area contributed by atoms with Crippen molar-refractivity contribution in [2.24, 2.45) is 0 Å². The first kappa shape index (κ1) is 16.6. The predicted octanol–water partition coefficient (Wildman–Crippen LogP) is 6.47. The number of anilines is 2. The Morgan fingerprint density at radius 1 is 0.769 bits per heavy atom. The number of hydrogen-bond donors (Lipinski definition) is 1. The second-order valence-corrected chi connectivity index (χ2v) is 6.38. The molecule has 1 heterocycles. The largest absolute Gasteiger partial charge is 0.457 e. The van der Waals surface area contributed by atoms with Gasteiger partial charge in [-0.25, -0.2) is 9.97 Å². The van der Waals surface area contributed by atoms with Crippen molar-refractivity contribution >= 4 is 45.6 Å². The summed E-state index contributed by atoms with van der Waals surface area (Å²) in [5.41, 5.74) is 1.79. The Balaban J connectivity index is 1.53. The molecule has 1 aromatic heterocycles. The maximum Gasteiger partial charge on any atom is 0.141 e. The van der Waals surface area contributed by atoms with Gasteiger partial charge in [0, 0.05) is 17.1 Å². The van der Waals surface area contributed by atoms with E-state index in [4.69, 9.17) is 27.9 Å². The third kappa shape index (κ3) is 3.57. The van der Waals surface area contributed by atoms with Crippen LogP contribution in [0.3, 0.4) is 0 Å². The van der Waals surface area contributed by atoms with Gasteiger partial charge in [0.2, 0.25) is 0 Å². The fraction of sp³-hybridized carbons (Fsp3) is 0. The maximum atomic E-state index is 6.01. The molecule has 26 heavy (non-hydrogen) atoms. The molecular weight excluding hydrogens is 369 g/mol. The lowest BCUT2D eigenvalue weighted by atomic mass is 10.2. The summed E-state index contributed by atoms with van der Waals surface area (Å²) in [6, 6.07) is 20.6. The molecule has 0 atom stereocenters. The third-order valence-electron chi connectivity index (χ3n) is 3.79. The molecule has 0 aliphatic rings. The Morgan fingerprint density at radius 3 is 2.35 bits per heavy atom. The molecule has 0 bridgehead atoms. The van der Waals surface area contributed by atoms with Crippen molar-refractivity contribution in [1.29, 1.82) is 0 Å². The number of halogens is 2. The van der Waals surface area contributed by atoms with E-state index in [1.54, 1.807) is 24.5 Å². The molecular formula is C20H13Cl2N3O. The van der Waals surface area contributed by atoms with E-state index in [-0.39, 0.29) is 0 Å². The molecule has 0 spiro atoms. The summed E-state index contributed by atoms with van der Waals surface area (Å²) in [6.45, 7) is 0. The van der Waals surface area contributed by atoms with E-state index >= 15 is 0 Å². The van der Waals surface area contributed by atoms with E-state index in [9.17, 15) is 0 Å². The van der Waals surface area contributed by atoms with Gasteiger partial charge in [-0.05, 0) is 48.5 Å². The van der Waals surface area contributed by atoms with Crippen LogP contribution in [0.5, 0.6) is 11.5 Å². The van der Waals surface area contributed by atoms with Gasteiger partial charge in [-0.2, -0.15) is 0 Å². The van der Waals surface area contributed by atoms with E-state index in [0.29, 0.717) is 21.5 Å². The Hall–Kier alpha value is -2.82. The maximum absolute atomic E-state index is 6.01. The first-order valence-electron chi connectivity index (χ1n) is 7.89. The van der Waals surface area contributed by atoms with Crippen molar-refractivity contribution in [2.45, 2.75) is 0 Å². The molecule has 4 aromatic rings. The number of rotatable bonds is 4. The summed E-state index contributed by atoms with van der Waals surface area (Å²) in [7, 11) is 0. The van der Waals surface area contributed by atoms with Crippen LogP contribution in [0.4, 0.5) is 11.5 Å². The lowest BCUT2D eigenvalue weighted by Gasteiger charge is -2.10. The van der Waals surface area contributed by atoms with Gasteiger partial charge in [0.1, 0.15) is 23.6 Å². The van der Waals surface area contributed by atoms with E-state index in [2.05, 4.69) is 15.3 Å². The monoisotopic (exact) mass is 381 g/mol. The van der Waals surface area contributed by atoms with Crippen molar-refractivity contribution in [1.82, 2.24) is 9.97 Å². The number of para-hydroxylation sites is 1. The second-order valence-electron chi connectivity index (χ2n) is 5.57. The van der Waals surface area contributed by atoms with E-state index in [0.717, 1.165) is 22.4 Å². The number of nitrogens with zero attached hydrogens (tertiary/aromatic N) is 2. The van der Waals surface area contributed by atoms with Crippen molar-refractivity contribution in [2.75, 3.05) is 5.32 Å². The highest BCUT2D eigenvalue weighted by atomic mass is 35.5. The van der Waals surface area contributed by atoms with Crippen LogP contribution in [-0.4, -0.2) is 9.97 Å². The molecule has 0 amide bonds. The summed E-state index contributed by atoms with van der Waals surface area (Å²) < 4.78 is 5.79. The average molecular weight is 382 g/mol.